The number of rotatable bonds is 4. The van der Waals surface area contributed by atoms with Crippen LogP contribution in [0.15, 0.2) is 35.8 Å². The van der Waals surface area contributed by atoms with Crippen molar-refractivity contribution in [2.45, 2.75) is 50.9 Å². The summed E-state index contributed by atoms with van der Waals surface area (Å²) >= 11 is 1.58. The van der Waals surface area contributed by atoms with E-state index in [1.165, 1.54) is 0 Å². The standard InChI is InChI=1S/C21H25N5O3S/c1-13(16-6-4-12-30-16)23-19(28)14(2)26-11-9-21(8-7-17(26)27)24-18-15(20(29)25-21)5-3-10-22-18/h3-6,10,12-14H,7-9,11H2,1-2H3,(H,22,24)(H,23,28)(H,25,29)/t13-,14-,21-/m0/s1. The van der Waals surface area contributed by atoms with Crippen LogP contribution in [0.2, 0.25) is 0 Å². The number of thiophene rings is 1. The molecule has 158 valence electrons. The molecule has 3 N–H and O–H groups in total. The second-order valence-corrected chi connectivity index (χ2v) is 8.80. The molecule has 3 amide bonds. The van der Waals surface area contributed by atoms with Crippen LogP contribution in [0.3, 0.4) is 0 Å². The topological polar surface area (TPSA) is 103 Å². The van der Waals surface area contributed by atoms with Gasteiger partial charge in [0.2, 0.25) is 11.8 Å². The van der Waals surface area contributed by atoms with Crippen molar-refractivity contribution in [1.29, 1.82) is 0 Å². The Balaban J connectivity index is 1.45. The van der Waals surface area contributed by atoms with Crippen molar-refractivity contribution in [1.82, 2.24) is 20.5 Å². The number of pyridine rings is 1. The molecule has 4 heterocycles. The maximum Gasteiger partial charge on any atom is 0.256 e. The number of anilines is 1. The Morgan fingerprint density at radius 3 is 2.83 bits per heavy atom. The van der Waals surface area contributed by atoms with Gasteiger partial charge in [0, 0.05) is 30.5 Å². The van der Waals surface area contributed by atoms with Gasteiger partial charge in [0.25, 0.3) is 5.91 Å². The zero-order valence-corrected chi connectivity index (χ0v) is 17.8. The molecule has 1 fully saturated rings. The van der Waals surface area contributed by atoms with Gasteiger partial charge in [-0.3, -0.25) is 14.4 Å². The van der Waals surface area contributed by atoms with Crippen molar-refractivity contribution >= 4 is 34.9 Å². The van der Waals surface area contributed by atoms with Crippen LogP contribution in [-0.4, -0.2) is 45.9 Å². The fourth-order valence-corrected chi connectivity index (χ4v) is 4.73. The predicted octanol–water partition coefficient (Wildman–Crippen LogP) is 2.27. The lowest BCUT2D eigenvalue weighted by Crippen LogP contribution is -2.58. The van der Waals surface area contributed by atoms with Gasteiger partial charge in [-0.25, -0.2) is 4.98 Å². The van der Waals surface area contributed by atoms with Crippen molar-refractivity contribution in [2.24, 2.45) is 0 Å². The van der Waals surface area contributed by atoms with Gasteiger partial charge in [-0.1, -0.05) is 6.07 Å². The number of carbonyl (C=O) groups is 3. The summed E-state index contributed by atoms with van der Waals surface area (Å²) in [6.07, 6.45) is 2.78. The number of amides is 3. The first-order chi connectivity index (χ1) is 14.4. The Morgan fingerprint density at radius 2 is 2.07 bits per heavy atom. The summed E-state index contributed by atoms with van der Waals surface area (Å²) in [6.45, 7) is 4.04. The molecule has 0 aromatic carbocycles. The maximum absolute atomic E-state index is 12.8. The summed E-state index contributed by atoms with van der Waals surface area (Å²) in [6, 6.07) is 6.64. The number of hydrogen-bond acceptors (Lipinski definition) is 6. The zero-order valence-electron chi connectivity index (χ0n) is 17.0. The van der Waals surface area contributed by atoms with Gasteiger partial charge in [-0.2, -0.15) is 0 Å². The minimum absolute atomic E-state index is 0.0961. The smallest absolute Gasteiger partial charge is 0.256 e. The van der Waals surface area contributed by atoms with E-state index in [4.69, 9.17) is 0 Å². The predicted molar refractivity (Wildman–Crippen MR) is 114 cm³/mol. The highest BCUT2D eigenvalue weighted by atomic mass is 32.1. The van der Waals surface area contributed by atoms with Crippen LogP contribution in [0.5, 0.6) is 0 Å². The maximum atomic E-state index is 12.8. The molecule has 9 heteroatoms. The normalized spacial score (nSPS) is 23.1. The third-order valence-electron chi connectivity index (χ3n) is 5.80. The first-order valence-corrected chi connectivity index (χ1v) is 11.0. The second-order valence-electron chi connectivity index (χ2n) is 7.82. The molecular formula is C21H25N5O3S. The van der Waals surface area contributed by atoms with Crippen LogP contribution in [-0.2, 0) is 9.59 Å². The van der Waals surface area contributed by atoms with Crippen molar-refractivity contribution in [3.8, 4) is 0 Å². The molecule has 3 atom stereocenters. The molecule has 1 saturated heterocycles. The number of nitrogens with zero attached hydrogens (tertiary/aromatic N) is 2. The molecule has 30 heavy (non-hydrogen) atoms. The molecule has 0 saturated carbocycles. The monoisotopic (exact) mass is 427 g/mol. The summed E-state index contributed by atoms with van der Waals surface area (Å²) in [5, 5.41) is 11.3. The van der Waals surface area contributed by atoms with E-state index in [-0.39, 0.29) is 30.2 Å². The Labute approximate surface area is 179 Å². The number of hydrogen-bond donors (Lipinski definition) is 3. The lowest BCUT2D eigenvalue weighted by atomic mass is 9.97. The van der Waals surface area contributed by atoms with Gasteiger partial charge in [-0.05, 0) is 43.8 Å². The fourth-order valence-electron chi connectivity index (χ4n) is 4.00. The highest BCUT2D eigenvalue weighted by molar-refractivity contribution is 7.10. The van der Waals surface area contributed by atoms with E-state index in [1.807, 2.05) is 24.4 Å². The van der Waals surface area contributed by atoms with Gasteiger partial charge in [0.05, 0.1) is 11.6 Å². The van der Waals surface area contributed by atoms with Crippen molar-refractivity contribution < 1.29 is 14.4 Å². The van der Waals surface area contributed by atoms with E-state index in [9.17, 15) is 14.4 Å². The molecule has 2 aromatic heterocycles. The number of aromatic nitrogens is 1. The Hall–Kier alpha value is -2.94. The van der Waals surface area contributed by atoms with Crippen LogP contribution in [0, 0.1) is 0 Å². The summed E-state index contributed by atoms with van der Waals surface area (Å²) in [5.74, 6) is 0.0417. The van der Waals surface area contributed by atoms with Gasteiger partial charge in [-0.15, -0.1) is 11.3 Å². The van der Waals surface area contributed by atoms with E-state index in [2.05, 4.69) is 20.9 Å². The Bertz CT molecular complexity index is 963. The van der Waals surface area contributed by atoms with E-state index < -0.39 is 11.7 Å². The molecule has 8 nitrogen and oxygen atoms in total. The SMILES string of the molecule is C[C@H](NC(=O)[C@H](C)N1CC[C@]2(CCC1=O)NC(=O)c1cccnc1N2)c1cccs1. The Kier molecular flexibility index (Phi) is 5.46. The lowest BCUT2D eigenvalue weighted by Gasteiger charge is -2.39. The minimum atomic E-state index is -0.747. The average Bonchev–Trinajstić information content (AvgIpc) is 3.22. The van der Waals surface area contributed by atoms with Gasteiger partial charge in [0.15, 0.2) is 0 Å². The van der Waals surface area contributed by atoms with Gasteiger partial charge < -0.3 is 20.9 Å². The molecule has 0 radical (unpaired) electrons. The number of fused-ring (bicyclic) bond motifs is 1. The largest absolute Gasteiger partial charge is 0.347 e. The van der Waals surface area contributed by atoms with Crippen molar-refractivity contribution in [3.05, 3.63) is 46.3 Å². The van der Waals surface area contributed by atoms with Crippen molar-refractivity contribution in [3.63, 3.8) is 0 Å². The van der Waals surface area contributed by atoms with Crippen LogP contribution in [0.1, 0.15) is 54.4 Å². The van der Waals surface area contributed by atoms with E-state index >= 15 is 0 Å². The lowest BCUT2D eigenvalue weighted by molar-refractivity contribution is -0.139. The van der Waals surface area contributed by atoms with E-state index in [0.29, 0.717) is 30.8 Å². The molecule has 0 unspecified atom stereocenters. The van der Waals surface area contributed by atoms with Crippen LogP contribution < -0.4 is 16.0 Å². The van der Waals surface area contributed by atoms with E-state index in [1.54, 1.807) is 41.5 Å². The molecule has 0 bridgehead atoms. The third kappa shape index (κ3) is 3.89. The van der Waals surface area contributed by atoms with E-state index in [0.717, 1.165) is 4.88 Å². The molecular weight excluding hydrogens is 402 g/mol. The van der Waals surface area contributed by atoms with Crippen molar-refractivity contribution in [2.75, 3.05) is 11.9 Å². The first-order valence-electron chi connectivity index (χ1n) is 10.1. The average molecular weight is 428 g/mol. The second kappa shape index (κ2) is 8.06. The quantitative estimate of drug-likeness (QED) is 0.695. The van der Waals surface area contributed by atoms with Crippen LogP contribution in [0.25, 0.3) is 0 Å². The molecule has 1 spiro atoms. The highest BCUT2D eigenvalue weighted by Gasteiger charge is 2.42. The summed E-state index contributed by atoms with van der Waals surface area (Å²) in [7, 11) is 0. The summed E-state index contributed by atoms with van der Waals surface area (Å²) in [5.41, 5.74) is -0.255. The molecule has 2 aliphatic rings. The number of carbonyl (C=O) groups excluding carboxylic acids is 3. The molecule has 0 aliphatic carbocycles. The fraction of sp³-hybridized carbons (Fsp3) is 0.429. The number of likely N-dealkylation sites (tertiary alicyclic amines) is 1. The zero-order chi connectivity index (χ0) is 21.3. The summed E-state index contributed by atoms with van der Waals surface area (Å²) in [4.78, 5) is 45.1. The number of nitrogens with one attached hydrogen (secondary N) is 3. The molecule has 2 aromatic rings. The molecule has 4 rings (SSSR count). The molecule has 2 aliphatic heterocycles. The Morgan fingerprint density at radius 1 is 1.23 bits per heavy atom. The van der Waals surface area contributed by atoms with Crippen LogP contribution in [0.4, 0.5) is 5.82 Å². The highest BCUT2D eigenvalue weighted by Crippen LogP contribution is 2.31. The third-order valence-corrected chi connectivity index (χ3v) is 6.86. The van der Waals surface area contributed by atoms with Crippen LogP contribution >= 0.6 is 11.3 Å². The minimum Gasteiger partial charge on any atom is -0.347 e. The van der Waals surface area contributed by atoms with Gasteiger partial charge >= 0.3 is 0 Å². The van der Waals surface area contributed by atoms with Gasteiger partial charge in [0.1, 0.15) is 17.5 Å². The summed E-state index contributed by atoms with van der Waals surface area (Å²) < 4.78 is 0. The first kappa shape index (κ1) is 20.3.